The number of fused-ring (bicyclic) bond motifs is 4. The van der Waals surface area contributed by atoms with Crippen LogP contribution in [-0.2, 0) is 75.3 Å². The molecule has 18 nitrogen and oxygen atoms in total. The first-order valence-corrected chi connectivity index (χ1v) is 38.5. The molecule has 8 heterocycles. The van der Waals surface area contributed by atoms with E-state index in [9.17, 15) is 14.7 Å². The Hall–Kier alpha value is -2.65. The van der Waals surface area contributed by atoms with Crippen molar-refractivity contribution in [3.8, 4) is 5.75 Å². The summed E-state index contributed by atoms with van der Waals surface area (Å²) in [6, 6.07) is 7.63. The van der Waals surface area contributed by atoms with Crippen molar-refractivity contribution in [2.75, 3.05) is 34.0 Å². The number of ether oxygens (including phenoxy) is 13. The second kappa shape index (κ2) is 27.9. The summed E-state index contributed by atoms with van der Waals surface area (Å²) >= 11 is 0. The van der Waals surface area contributed by atoms with E-state index < -0.39 is 83.6 Å². The summed E-state index contributed by atoms with van der Waals surface area (Å²) in [5, 5.41) is 11.9. The van der Waals surface area contributed by atoms with Gasteiger partial charge in [0.2, 0.25) is 0 Å². The van der Waals surface area contributed by atoms with Gasteiger partial charge in [-0.25, -0.2) is 0 Å². The van der Waals surface area contributed by atoms with Crippen molar-refractivity contribution in [3.63, 3.8) is 0 Å². The number of hydrogen-bond donors (Lipinski definition) is 1. The largest absolute Gasteiger partial charge is 0.497 e. The highest BCUT2D eigenvalue weighted by Gasteiger charge is 2.64. The van der Waals surface area contributed by atoms with Crippen molar-refractivity contribution < 1.29 is 85.1 Å². The maximum absolute atomic E-state index is 12.9. The minimum Gasteiger partial charge on any atom is -0.497 e. The number of aliphatic hydroxyl groups is 1. The predicted octanol–water partition coefficient (Wildman–Crippen LogP) is 11.4. The van der Waals surface area contributed by atoms with E-state index in [0.717, 1.165) is 23.1 Å². The monoisotopic (exact) mass is 1260 g/mol. The molecule has 20 heteroatoms. The van der Waals surface area contributed by atoms with Gasteiger partial charge in [-0.2, -0.15) is 0 Å². The fourth-order valence-corrected chi connectivity index (χ4v) is 16.3. The van der Waals surface area contributed by atoms with Crippen molar-refractivity contribution in [1.29, 1.82) is 0 Å². The molecule has 1 N–H and O–H groups in total. The number of carbonyl (C=O) groups excluding carboxylic acids is 2. The molecule has 0 aliphatic carbocycles. The van der Waals surface area contributed by atoms with E-state index >= 15 is 0 Å². The molecular weight excluding hydrogens is 1150 g/mol. The first-order valence-electron chi connectivity index (χ1n) is 32.7. The quantitative estimate of drug-likeness (QED) is 0.0654. The van der Waals surface area contributed by atoms with Crippen molar-refractivity contribution >= 4 is 28.6 Å². The van der Waals surface area contributed by atoms with Gasteiger partial charge in [0, 0.05) is 44.3 Å². The zero-order chi connectivity index (χ0) is 63.1. The van der Waals surface area contributed by atoms with E-state index in [2.05, 4.69) is 102 Å². The van der Waals surface area contributed by atoms with Crippen molar-refractivity contribution in [3.05, 3.63) is 54.1 Å². The lowest BCUT2D eigenvalue weighted by atomic mass is 9.79. The van der Waals surface area contributed by atoms with Gasteiger partial charge in [0.25, 0.3) is 0 Å². The van der Waals surface area contributed by atoms with Crippen LogP contribution in [0.1, 0.15) is 158 Å². The Kier molecular flexibility index (Phi) is 22.0. The van der Waals surface area contributed by atoms with Crippen LogP contribution in [0.15, 0.2) is 48.6 Å². The van der Waals surface area contributed by atoms with Gasteiger partial charge >= 0.3 is 11.9 Å². The zero-order valence-electron chi connectivity index (χ0n) is 55.3. The van der Waals surface area contributed by atoms with E-state index in [1.165, 1.54) is 14.0 Å². The topological polar surface area (TPSA) is 193 Å². The highest BCUT2D eigenvalue weighted by atomic mass is 28.4. The molecule has 22 atom stereocenters. The Morgan fingerprint density at radius 2 is 1.48 bits per heavy atom. The summed E-state index contributed by atoms with van der Waals surface area (Å²) in [7, 11) is -1.23. The van der Waals surface area contributed by atoms with E-state index in [0.29, 0.717) is 76.6 Å². The third-order valence-electron chi connectivity index (χ3n) is 21.3. The summed E-state index contributed by atoms with van der Waals surface area (Å²) in [6.45, 7) is 40.6. The predicted molar refractivity (Wildman–Crippen MR) is 332 cm³/mol. The molecule has 0 spiro atoms. The van der Waals surface area contributed by atoms with Gasteiger partial charge in [0.15, 0.2) is 28.7 Å². The average Bonchev–Trinajstić information content (AvgIpc) is 1.67. The summed E-state index contributed by atoms with van der Waals surface area (Å²) in [4.78, 5) is 25.4. The van der Waals surface area contributed by atoms with Gasteiger partial charge in [-0.05, 0) is 123 Å². The van der Waals surface area contributed by atoms with Crippen molar-refractivity contribution in [1.82, 2.24) is 0 Å². The molecule has 0 amide bonds. The SMILES string of the molecule is C=C1C(C[C@@H]2O[C@H]3CC(O[Si](C)(C)C(C)(C)C)C(CCO[Si](C)(C)C(C)(C)C)O[C@H]3[C@H](C)[C@H]2OC(C)=O)OC(CC[C@H](O)C(=C)C[C@H](C)CC[C@]23O[C@@H]4[C@H]5OC[C@H]2OC(c2ccc(OC)cc2)OC[C@H](O3)[C@@H]5O[C@H]2CC[C@H](CC(=O)OC)O[C@H]42)C[C@H]1C. The van der Waals surface area contributed by atoms with Crippen LogP contribution in [0.25, 0.3) is 0 Å². The molecule has 8 fully saturated rings. The number of aliphatic hydroxyl groups excluding tert-OH is 1. The maximum atomic E-state index is 12.9. The molecule has 87 heavy (non-hydrogen) atoms. The van der Waals surface area contributed by atoms with Crippen LogP contribution in [0, 0.1) is 17.8 Å². The smallest absolute Gasteiger partial charge is 0.308 e. The lowest BCUT2D eigenvalue weighted by molar-refractivity contribution is -0.367. The number of esters is 2. The molecule has 492 valence electrons. The lowest BCUT2D eigenvalue weighted by Gasteiger charge is -2.53. The molecule has 0 radical (unpaired) electrons. The first kappa shape index (κ1) is 68.7. The van der Waals surface area contributed by atoms with Crippen molar-refractivity contribution in [2.24, 2.45) is 17.8 Å². The second-order valence-electron chi connectivity index (χ2n) is 29.8. The normalized spacial score (nSPS) is 37.9. The fourth-order valence-electron chi connectivity index (χ4n) is 13.9. The van der Waals surface area contributed by atoms with Crippen LogP contribution >= 0.6 is 0 Å². The van der Waals surface area contributed by atoms with Crippen LogP contribution < -0.4 is 4.74 Å². The summed E-state index contributed by atoms with van der Waals surface area (Å²) < 4.78 is 100. The van der Waals surface area contributed by atoms with E-state index in [1.807, 2.05) is 24.3 Å². The van der Waals surface area contributed by atoms with Crippen LogP contribution in [0.2, 0.25) is 36.3 Å². The number of carbonyl (C=O) groups is 2. The Balaban J connectivity index is 0.841. The number of rotatable bonds is 22. The van der Waals surface area contributed by atoms with E-state index in [1.54, 1.807) is 7.11 Å². The Bertz CT molecular complexity index is 2500. The fraction of sp³-hybridized carbons (Fsp3) is 0.821. The van der Waals surface area contributed by atoms with E-state index in [4.69, 9.17) is 70.4 Å². The van der Waals surface area contributed by atoms with Crippen molar-refractivity contribution in [2.45, 2.75) is 298 Å². The van der Waals surface area contributed by atoms with Gasteiger partial charge in [-0.1, -0.05) is 87.6 Å². The van der Waals surface area contributed by atoms with Crippen LogP contribution in [0.5, 0.6) is 5.75 Å². The molecule has 5 bridgehead atoms. The zero-order valence-corrected chi connectivity index (χ0v) is 57.3. The molecule has 5 unspecified atom stereocenters. The molecule has 1 aromatic rings. The van der Waals surface area contributed by atoms with Crippen LogP contribution in [0.4, 0.5) is 0 Å². The molecule has 8 saturated heterocycles. The molecule has 0 aromatic heterocycles. The third-order valence-corrected chi connectivity index (χ3v) is 30.4. The minimum absolute atomic E-state index is 0.00964. The first-order chi connectivity index (χ1) is 40.9. The highest BCUT2D eigenvalue weighted by Crippen LogP contribution is 2.50. The van der Waals surface area contributed by atoms with Crippen LogP contribution in [-0.4, -0.2) is 177 Å². The molecule has 9 rings (SSSR count). The third kappa shape index (κ3) is 15.7. The summed E-state index contributed by atoms with van der Waals surface area (Å²) in [5.74, 6) is -1.24. The minimum atomic E-state index is -2.24. The molecule has 8 aliphatic heterocycles. The van der Waals surface area contributed by atoms with Gasteiger partial charge in [-0.15, -0.1) is 0 Å². The highest BCUT2D eigenvalue weighted by molar-refractivity contribution is 6.74. The average molecular weight is 1260 g/mol. The Morgan fingerprint density at radius 1 is 0.770 bits per heavy atom. The summed E-state index contributed by atoms with van der Waals surface area (Å²) in [5.41, 5.74) is 2.55. The Morgan fingerprint density at radius 3 is 2.16 bits per heavy atom. The molecule has 8 aliphatic rings. The second-order valence-corrected chi connectivity index (χ2v) is 39.3. The van der Waals surface area contributed by atoms with Crippen LogP contribution in [0.3, 0.4) is 0 Å². The lowest BCUT2D eigenvalue weighted by Crippen LogP contribution is -2.64. The number of benzene rings is 1. The molecule has 0 saturated carbocycles. The standard InChI is InChI=1S/C67H108O18Si2/c1-38(27-29-67-56-37-73-62-61(55(83-67)36-74-64(82-56)44-19-21-45(71-13)22-20-44)81-50-26-24-47(33-57(70)72-14)78-60(50)63(62)84-67)31-40(3)48(69)25-23-46-32-39(2)41(4)51(77-46)34-53-58(76-43(6)68)42(5)59-54(79-53)35-52(85-87(17,18)66(10,11)12)49(80-59)28-30-75-86(15,16)65(7,8)9/h19-22,38-39,42,46-56,58-64,69H,3-4,23-37H2,1-2,5-18H3/t38-,39-,42-,46?,47-,48+,49?,50+,51?,52?,53+,54+,55+,56-,58-,59+,60+,61+,62+,63+,64?,67+/m1/s1. The molecular formula is C67H108O18Si2. The summed E-state index contributed by atoms with van der Waals surface area (Å²) in [6.07, 6.45) is -1.46. The van der Waals surface area contributed by atoms with Gasteiger partial charge in [0.05, 0.1) is 94.9 Å². The van der Waals surface area contributed by atoms with E-state index in [-0.39, 0.29) is 108 Å². The Labute approximate surface area is 521 Å². The van der Waals surface area contributed by atoms with Gasteiger partial charge < -0.3 is 75.5 Å². The number of hydrogen-bond acceptors (Lipinski definition) is 18. The molecule has 1 aromatic carbocycles. The number of methoxy groups -OCH3 is 2. The van der Waals surface area contributed by atoms with Gasteiger partial charge in [-0.3, -0.25) is 9.59 Å². The maximum Gasteiger partial charge on any atom is 0.308 e. The van der Waals surface area contributed by atoms with Gasteiger partial charge in [0.1, 0.15) is 48.5 Å².